The van der Waals surface area contributed by atoms with Crippen LogP contribution in [0.4, 0.5) is 22.0 Å². The van der Waals surface area contributed by atoms with E-state index in [9.17, 15) is 26.7 Å². The van der Waals surface area contributed by atoms with Gasteiger partial charge in [0.25, 0.3) is 5.91 Å². The third-order valence-corrected chi connectivity index (χ3v) is 5.58. The van der Waals surface area contributed by atoms with Crippen molar-refractivity contribution in [2.24, 2.45) is 0 Å². The minimum absolute atomic E-state index is 0.00874. The van der Waals surface area contributed by atoms with Crippen LogP contribution in [0, 0.1) is 18.6 Å². The number of benzene rings is 1. The number of likely N-dealkylation sites (tertiary alicyclic amines) is 1. The van der Waals surface area contributed by atoms with Crippen LogP contribution in [-0.2, 0) is 19.8 Å². The average Bonchev–Trinajstić information content (AvgIpc) is 3.06. The zero-order valence-corrected chi connectivity index (χ0v) is 17.8. The number of carbonyl (C=O) groups is 1. The molecule has 0 N–H and O–H groups in total. The monoisotopic (exact) mass is 490 g/mol. The van der Waals surface area contributed by atoms with Crippen LogP contribution in [0.15, 0.2) is 30.3 Å². The van der Waals surface area contributed by atoms with Gasteiger partial charge in [0.05, 0.1) is 21.6 Å². The van der Waals surface area contributed by atoms with Crippen molar-refractivity contribution in [3.8, 4) is 5.75 Å². The summed E-state index contributed by atoms with van der Waals surface area (Å²) in [5, 5.41) is 0. The molecule has 2 aromatic rings. The molecule has 0 spiro atoms. The number of piperidine rings is 1. The molecule has 0 bridgehead atoms. The molecule has 184 valence electrons. The standard InChI is InChI=1S/C22H21F5N2O5/c1-13-18(31-6-7-33-22(25,26)27)3-2-17(28-13)20(30)29-5-4-21(19(11-29)32-12-34-21)14-8-15(23)10-16(24)9-14/h2-3,8-10,19H,4-7,11-12H2,1H3/t19?,21-/m1/s1/i12D2. The van der Waals surface area contributed by atoms with Crippen LogP contribution in [0.3, 0.4) is 0 Å². The number of amides is 1. The highest BCUT2D eigenvalue weighted by molar-refractivity contribution is 5.92. The summed E-state index contributed by atoms with van der Waals surface area (Å²) in [5.74, 6) is -2.08. The number of fused-ring (bicyclic) bond motifs is 1. The Balaban J connectivity index is 1.47. The van der Waals surface area contributed by atoms with Crippen molar-refractivity contribution in [1.82, 2.24) is 9.88 Å². The first-order valence-electron chi connectivity index (χ1n) is 11.2. The number of halogens is 5. The summed E-state index contributed by atoms with van der Waals surface area (Å²) in [6, 6.07) is 5.50. The minimum Gasteiger partial charge on any atom is -0.489 e. The Morgan fingerprint density at radius 3 is 2.68 bits per heavy atom. The first-order chi connectivity index (χ1) is 16.8. The SMILES string of the molecule is [2H]C1([2H])OC2CN(C(=O)c3ccc(OCCOC(F)(F)F)c(C)n3)CC[C@]2(c2cc(F)cc(F)c2)O1. The Morgan fingerprint density at radius 1 is 1.26 bits per heavy atom. The van der Waals surface area contributed by atoms with E-state index in [0.717, 1.165) is 12.1 Å². The lowest BCUT2D eigenvalue weighted by Gasteiger charge is -2.41. The van der Waals surface area contributed by atoms with Crippen molar-refractivity contribution in [3.05, 3.63) is 58.9 Å². The number of carbonyl (C=O) groups excluding carboxylic acids is 1. The lowest BCUT2D eigenvalue weighted by atomic mass is 9.82. The lowest BCUT2D eigenvalue weighted by molar-refractivity contribution is -0.325. The van der Waals surface area contributed by atoms with E-state index in [1.54, 1.807) is 0 Å². The number of aromatic nitrogens is 1. The Labute approximate surface area is 194 Å². The maximum atomic E-state index is 13.9. The van der Waals surface area contributed by atoms with Gasteiger partial charge in [0.1, 0.15) is 48.1 Å². The van der Waals surface area contributed by atoms with Gasteiger partial charge < -0.3 is 19.1 Å². The van der Waals surface area contributed by atoms with Crippen LogP contribution < -0.4 is 4.74 Å². The zero-order chi connectivity index (χ0) is 26.3. The highest BCUT2D eigenvalue weighted by Crippen LogP contribution is 2.43. The number of pyridine rings is 1. The van der Waals surface area contributed by atoms with Crippen LogP contribution in [-0.4, -0.2) is 61.3 Å². The molecule has 1 unspecified atom stereocenters. The van der Waals surface area contributed by atoms with Gasteiger partial charge in [-0.05, 0) is 36.8 Å². The number of ether oxygens (including phenoxy) is 4. The molecule has 12 heteroatoms. The van der Waals surface area contributed by atoms with Crippen molar-refractivity contribution < 1.29 is 48.4 Å². The van der Waals surface area contributed by atoms with Gasteiger partial charge >= 0.3 is 6.36 Å². The summed E-state index contributed by atoms with van der Waals surface area (Å²) in [6.07, 6.45) is -5.84. The summed E-state index contributed by atoms with van der Waals surface area (Å²) in [7, 11) is 0. The molecule has 2 aliphatic heterocycles. The largest absolute Gasteiger partial charge is 0.522 e. The molecule has 2 fully saturated rings. The topological polar surface area (TPSA) is 70.1 Å². The number of nitrogens with zero attached hydrogens (tertiary/aromatic N) is 2. The summed E-state index contributed by atoms with van der Waals surface area (Å²) < 4.78 is 99.5. The molecule has 3 heterocycles. The molecule has 0 radical (unpaired) electrons. The molecule has 2 saturated heterocycles. The normalized spacial score (nSPS) is 24.9. The molecular formula is C22H21F5N2O5. The van der Waals surface area contributed by atoms with E-state index in [0.29, 0.717) is 6.07 Å². The van der Waals surface area contributed by atoms with Gasteiger partial charge in [-0.1, -0.05) is 0 Å². The molecule has 0 aliphatic carbocycles. The van der Waals surface area contributed by atoms with E-state index in [4.69, 9.17) is 17.0 Å². The first kappa shape index (κ1) is 21.7. The van der Waals surface area contributed by atoms with E-state index < -0.39 is 49.0 Å². The fraction of sp³-hybridized carbons (Fsp3) is 0.455. The smallest absolute Gasteiger partial charge is 0.489 e. The summed E-state index contributed by atoms with van der Waals surface area (Å²) in [5.41, 5.74) is -1.18. The third kappa shape index (κ3) is 5.13. The van der Waals surface area contributed by atoms with Crippen molar-refractivity contribution in [2.75, 3.05) is 33.0 Å². The molecular weight excluding hydrogens is 467 g/mol. The summed E-state index contributed by atoms with van der Waals surface area (Å²) >= 11 is 0. The van der Waals surface area contributed by atoms with Crippen molar-refractivity contribution >= 4 is 5.91 Å². The fourth-order valence-corrected chi connectivity index (χ4v) is 3.97. The van der Waals surface area contributed by atoms with Gasteiger partial charge in [0.15, 0.2) is 0 Å². The van der Waals surface area contributed by atoms with Gasteiger partial charge in [0.2, 0.25) is 0 Å². The van der Waals surface area contributed by atoms with Crippen LogP contribution in [0.5, 0.6) is 5.75 Å². The second kappa shape index (κ2) is 9.43. The Morgan fingerprint density at radius 2 is 2.00 bits per heavy atom. The number of hydrogen-bond donors (Lipinski definition) is 0. The first-order valence-corrected chi connectivity index (χ1v) is 10.2. The Kier molecular flexibility index (Phi) is 6.02. The maximum Gasteiger partial charge on any atom is 0.522 e. The van der Waals surface area contributed by atoms with Gasteiger partial charge in [0, 0.05) is 19.0 Å². The molecule has 1 aromatic carbocycles. The van der Waals surface area contributed by atoms with E-state index in [2.05, 4.69) is 9.72 Å². The van der Waals surface area contributed by atoms with Crippen LogP contribution in [0.1, 0.15) is 30.9 Å². The van der Waals surface area contributed by atoms with Gasteiger partial charge in [-0.3, -0.25) is 9.53 Å². The lowest BCUT2D eigenvalue weighted by Crippen LogP contribution is -2.53. The summed E-state index contributed by atoms with van der Waals surface area (Å²) in [4.78, 5) is 18.6. The molecule has 0 saturated carbocycles. The van der Waals surface area contributed by atoms with E-state index in [1.165, 1.54) is 24.0 Å². The predicted octanol–water partition coefficient (Wildman–Crippen LogP) is 3.70. The number of aryl methyl sites for hydroxylation is 1. The Hall–Kier alpha value is -2.83. The number of hydrogen-bond acceptors (Lipinski definition) is 6. The maximum absolute atomic E-state index is 13.9. The number of alkyl halides is 3. The molecule has 2 aliphatic rings. The molecule has 7 nitrogen and oxygen atoms in total. The van der Waals surface area contributed by atoms with Gasteiger partial charge in [-0.2, -0.15) is 0 Å². The minimum atomic E-state index is -4.77. The average molecular weight is 490 g/mol. The van der Waals surface area contributed by atoms with E-state index >= 15 is 0 Å². The predicted molar refractivity (Wildman–Crippen MR) is 106 cm³/mol. The zero-order valence-electron chi connectivity index (χ0n) is 19.8. The van der Waals surface area contributed by atoms with Crippen molar-refractivity contribution in [2.45, 2.75) is 31.4 Å². The van der Waals surface area contributed by atoms with Crippen molar-refractivity contribution in [1.29, 1.82) is 0 Å². The van der Waals surface area contributed by atoms with Gasteiger partial charge in [-0.15, -0.1) is 13.2 Å². The molecule has 2 atom stereocenters. The molecule has 1 amide bonds. The quantitative estimate of drug-likeness (QED) is 0.455. The van der Waals surface area contributed by atoms with Crippen LogP contribution in [0.2, 0.25) is 0 Å². The third-order valence-electron chi connectivity index (χ3n) is 5.58. The highest BCUT2D eigenvalue weighted by atomic mass is 19.4. The summed E-state index contributed by atoms with van der Waals surface area (Å²) in [6.45, 7) is -2.24. The van der Waals surface area contributed by atoms with Crippen LogP contribution in [0.25, 0.3) is 0 Å². The molecule has 1 aromatic heterocycles. The van der Waals surface area contributed by atoms with E-state index in [-0.39, 0.29) is 48.8 Å². The Bertz CT molecular complexity index is 1130. The van der Waals surface area contributed by atoms with Crippen molar-refractivity contribution in [3.63, 3.8) is 0 Å². The van der Waals surface area contributed by atoms with Gasteiger partial charge in [-0.25, -0.2) is 13.8 Å². The molecule has 34 heavy (non-hydrogen) atoms. The molecule has 4 rings (SSSR count). The second-order valence-electron chi connectivity index (χ2n) is 7.76. The second-order valence-corrected chi connectivity index (χ2v) is 7.76. The fourth-order valence-electron chi connectivity index (χ4n) is 3.97. The number of rotatable bonds is 6. The highest BCUT2D eigenvalue weighted by Gasteiger charge is 2.51. The van der Waals surface area contributed by atoms with E-state index in [1.807, 2.05) is 0 Å². The van der Waals surface area contributed by atoms with Crippen LogP contribution >= 0.6 is 0 Å².